The molecule has 5 nitrogen and oxygen atoms in total. The monoisotopic (exact) mass is 245 g/mol. The van der Waals surface area contributed by atoms with Crippen LogP contribution in [-0.4, -0.2) is 27.5 Å². The van der Waals surface area contributed by atoms with Gasteiger partial charge in [-0.1, -0.05) is 18.2 Å². The van der Waals surface area contributed by atoms with Crippen LogP contribution in [0.5, 0.6) is 5.75 Å². The SMILES string of the molecule is O=C(Cc1ccccc1O)NCCc1cnc[nH]1. The lowest BCUT2D eigenvalue weighted by Gasteiger charge is -2.05. The van der Waals surface area contributed by atoms with Gasteiger partial charge >= 0.3 is 0 Å². The molecule has 0 radical (unpaired) electrons. The predicted molar refractivity (Wildman–Crippen MR) is 67.1 cm³/mol. The van der Waals surface area contributed by atoms with Crippen LogP contribution in [0, 0.1) is 0 Å². The van der Waals surface area contributed by atoms with E-state index in [1.54, 1.807) is 36.8 Å². The van der Waals surface area contributed by atoms with Gasteiger partial charge in [0.05, 0.1) is 12.7 Å². The molecular formula is C13H15N3O2. The zero-order valence-corrected chi connectivity index (χ0v) is 9.89. The summed E-state index contributed by atoms with van der Waals surface area (Å²) in [7, 11) is 0. The van der Waals surface area contributed by atoms with Crippen molar-refractivity contribution in [1.29, 1.82) is 0 Å². The Morgan fingerprint density at radius 1 is 1.39 bits per heavy atom. The van der Waals surface area contributed by atoms with Crippen LogP contribution in [-0.2, 0) is 17.6 Å². The van der Waals surface area contributed by atoms with Crippen molar-refractivity contribution in [2.45, 2.75) is 12.8 Å². The molecule has 0 fully saturated rings. The molecule has 2 aromatic rings. The molecule has 0 aliphatic heterocycles. The summed E-state index contributed by atoms with van der Waals surface area (Å²) in [5.41, 5.74) is 1.62. The van der Waals surface area contributed by atoms with E-state index in [9.17, 15) is 9.90 Å². The van der Waals surface area contributed by atoms with Crippen LogP contribution in [0.1, 0.15) is 11.3 Å². The smallest absolute Gasteiger partial charge is 0.224 e. The van der Waals surface area contributed by atoms with Crippen LogP contribution in [0.25, 0.3) is 0 Å². The Hall–Kier alpha value is -2.30. The Kier molecular flexibility index (Phi) is 3.96. The maximum absolute atomic E-state index is 11.6. The van der Waals surface area contributed by atoms with E-state index in [0.29, 0.717) is 18.5 Å². The Bertz CT molecular complexity index is 509. The number of nitrogens with one attached hydrogen (secondary N) is 2. The van der Waals surface area contributed by atoms with Crippen molar-refractivity contribution in [2.75, 3.05) is 6.54 Å². The topological polar surface area (TPSA) is 78.0 Å². The van der Waals surface area contributed by atoms with E-state index in [0.717, 1.165) is 5.69 Å². The summed E-state index contributed by atoms with van der Waals surface area (Å²) in [6.07, 6.45) is 4.25. The Morgan fingerprint density at radius 2 is 2.22 bits per heavy atom. The van der Waals surface area contributed by atoms with Gasteiger partial charge in [-0.3, -0.25) is 4.79 Å². The second kappa shape index (κ2) is 5.86. The molecule has 0 saturated heterocycles. The Labute approximate surface area is 105 Å². The number of carbonyl (C=O) groups excluding carboxylic acids is 1. The molecule has 0 spiro atoms. The minimum atomic E-state index is -0.101. The largest absolute Gasteiger partial charge is 0.508 e. The molecule has 18 heavy (non-hydrogen) atoms. The van der Waals surface area contributed by atoms with Gasteiger partial charge in [0.15, 0.2) is 0 Å². The van der Waals surface area contributed by atoms with Crippen LogP contribution in [0.4, 0.5) is 0 Å². The van der Waals surface area contributed by atoms with Gasteiger partial charge < -0.3 is 15.4 Å². The molecule has 5 heteroatoms. The molecule has 94 valence electrons. The third kappa shape index (κ3) is 3.35. The van der Waals surface area contributed by atoms with Crippen LogP contribution < -0.4 is 5.32 Å². The van der Waals surface area contributed by atoms with E-state index in [1.807, 2.05) is 0 Å². The van der Waals surface area contributed by atoms with E-state index >= 15 is 0 Å². The zero-order chi connectivity index (χ0) is 12.8. The molecule has 1 aromatic carbocycles. The summed E-state index contributed by atoms with van der Waals surface area (Å²) in [6.45, 7) is 0.550. The lowest BCUT2D eigenvalue weighted by molar-refractivity contribution is -0.120. The van der Waals surface area contributed by atoms with Crippen LogP contribution in [0.15, 0.2) is 36.8 Å². The number of carbonyl (C=O) groups is 1. The van der Waals surface area contributed by atoms with E-state index in [1.165, 1.54) is 0 Å². The van der Waals surface area contributed by atoms with Crippen molar-refractivity contribution in [1.82, 2.24) is 15.3 Å². The number of hydrogen-bond acceptors (Lipinski definition) is 3. The number of aromatic amines is 1. The van der Waals surface area contributed by atoms with Crippen molar-refractivity contribution in [3.63, 3.8) is 0 Å². The minimum absolute atomic E-state index is 0.101. The highest BCUT2D eigenvalue weighted by Crippen LogP contribution is 2.15. The van der Waals surface area contributed by atoms with Gasteiger partial charge in [0, 0.05) is 30.4 Å². The molecule has 0 bridgehead atoms. The number of phenols is 1. The summed E-state index contributed by atoms with van der Waals surface area (Å²) < 4.78 is 0. The van der Waals surface area contributed by atoms with Crippen LogP contribution in [0.2, 0.25) is 0 Å². The second-order valence-electron chi connectivity index (χ2n) is 3.98. The number of benzene rings is 1. The van der Waals surface area contributed by atoms with E-state index in [4.69, 9.17) is 0 Å². The Balaban J connectivity index is 1.77. The maximum Gasteiger partial charge on any atom is 0.224 e. The van der Waals surface area contributed by atoms with E-state index in [2.05, 4.69) is 15.3 Å². The van der Waals surface area contributed by atoms with E-state index < -0.39 is 0 Å². The average molecular weight is 245 g/mol. The third-order valence-electron chi connectivity index (χ3n) is 2.61. The quantitative estimate of drug-likeness (QED) is 0.735. The van der Waals surface area contributed by atoms with Gasteiger partial charge in [-0.25, -0.2) is 4.98 Å². The number of imidazole rings is 1. The van der Waals surface area contributed by atoms with Crippen molar-refractivity contribution in [3.05, 3.63) is 48.0 Å². The number of aromatic nitrogens is 2. The van der Waals surface area contributed by atoms with Crippen molar-refractivity contribution < 1.29 is 9.90 Å². The molecule has 1 heterocycles. The number of para-hydroxylation sites is 1. The number of hydrogen-bond donors (Lipinski definition) is 3. The number of amides is 1. The first-order valence-corrected chi connectivity index (χ1v) is 5.76. The van der Waals surface area contributed by atoms with Crippen molar-refractivity contribution >= 4 is 5.91 Å². The van der Waals surface area contributed by atoms with E-state index in [-0.39, 0.29) is 18.1 Å². The number of H-pyrrole nitrogens is 1. The predicted octanol–water partition coefficient (Wildman–Crippen LogP) is 1.02. The lowest BCUT2D eigenvalue weighted by Crippen LogP contribution is -2.27. The third-order valence-corrected chi connectivity index (χ3v) is 2.61. The van der Waals surface area contributed by atoms with Gasteiger partial charge in [0.25, 0.3) is 0 Å². The average Bonchev–Trinajstić information content (AvgIpc) is 2.85. The normalized spacial score (nSPS) is 10.2. The molecule has 0 atom stereocenters. The lowest BCUT2D eigenvalue weighted by atomic mass is 10.1. The van der Waals surface area contributed by atoms with Crippen LogP contribution in [0.3, 0.4) is 0 Å². The van der Waals surface area contributed by atoms with Crippen LogP contribution >= 0.6 is 0 Å². The number of nitrogens with zero attached hydrogens (tertiary/aromatic N) is 1. The van der Waals surface area contributed by atoms with Gasteiger partial charge in [0.1, 0.15) is 5.75 Å². The second-order valence-corrected chi connectivity index (χ2v) is 3.98. The molecule has 0 unspecified atom stereocenters. The van der Waals surface area contributed by atoms with Gasteiger partial charge in [0.2, 0.25) is 5.91 Å². The molecule has 2 rings (SSSR count). The summed E-state index contributed by atoms with van der Waals surface area (Å²) in [5, 5.41) is 12.3. The molecular weight excluding hydrogens is 230 g/mol. The molecule has 0 aliphatic rings. The zero-order valence-electron chi connectivity index (χ0n) is 9.89. The molecule has 0 aliphatic carbocycles. The van der Waals surface area contributed by atoms with Crippen molar-refractivity contribution in [3.8, 4) is 5.75 Å². The minimum Gasteiger partial charge on any atom is -0.508 e. The first-order chi connectivity index (χ1) is 8.75. The standard InChI is InChI=1S/C13H15N3O2/c17-12-4-2-1-3-10(12)7-13(18)15-6-5-11-8-14-9-16-11/h1-4,8-9,17H,5-7H2,(H,14,16)(H,15,18). The first-order valence-electron chi connectivity index (χ1n) is 5.76. The molecule has 1 amide bonds. The number of rotatable bonds is 5. The highest BCUT2D eigenvalue weighted by Gasteiger charge is 2.06. The fraction of sp³-hybridized carbons (Fsp3) is 0.231. The highest BCUT2D eigenvalue weighted by molar-refractivity contribution is 5.79. The summed E-state index contributed by atoms with van der Waals surface area (Å²) in [4.78, 5) is 18.5. The summed E-state index contributed by atoms with van der Waals surface area (Å²) in [5.74, 6) is 0.0530. The summed E-state index contributed by atoms with van der Waals surface area (Å²) >= 11 is 0. The fourth-order valence-corrected chi connectivity index (χ4v) is 1.65. The molecule has 0 saturated carbocycles. The maximum atomic E-state index is 11.6. The van der Waals surface area contributed by atoms with Gasteiger partial charge in [-0.15, -0.1) is 0 Å². The fourth-order valence-electron chi connectivity index (χ4n) is 1.65. The first kappa shape index (κ1) is 12.2. The van der Waals surface area contributed by atoms with Gasteiger partial charge in [-0.05, 0) is 6.07 Å². The number of aromatic hydroxyl groups is 1. The van der Waals surface area contributed by atoms with Crippen molar-refractivity contribution in [2.24, 2.45) is 0 Å². The van der Waals surface area contributed by atoms with Gasteiger partial charge in [-0.2, -0.15) is 0 Å². The Morgan fingerprint density at radius 3 is 2.94 bits per heavy atom. The number of phenolic OH excluding ortho intramolecular Hbond substituents is 1. The molecule has 1 aromatic heterocycles. The highest BCUT2D eigenvalue weighted by atomic mass is 16.3. The summed E-state index contributed by atoms with van der Waals surface area (Å²) in [6, 6.07) is 6.85. The molecule has 3 N–H and O–H groups in total.